The third-order valence-electron chi connectivity index (χ3n) is 6.25. The molecule has 2 N–H and O–H groups in total. The van der Waals surface area contributed by atoms with Crippen LogP contribution in [0.25, 0.3) is 33.7 Å². The number of aromatic nitrogens is 6. The van der Waals surface area contributed by atoms with Crippen LogP contribution in [0, 0.1) is 13.8 Å². The number of anilines is 1. The van der Waals surface area contributed by atoms with Gasteiger partial charge in [-0.05, 0) is 46.8 Å². The van der Waals surface area contributed by atoms with Gasteiger partial charge in [-0.3, -0.25) is 4.68 Å². The lowest BCUT2D eigenvalue weighted by molar-refractivity contribution is 0.0570. The Hall–Kier alpha value is -3.30. The number of rotatable bonds is 5. The van der Waals surface area contributed by atoms with Crippen LogP contribution >= 0.6 is 0 Å². The van der Waals surface area contributed by atoms with Crippen molar-refractivity contribution in [2.24, 2.45) is 0 Å². The van der Waals surface area contributed by atoms with E-state index in [2.05, 4.69) is 21.8 Å². The number of hydrogen-bond acceptors (Lipinski definition) is 7. The van der Waals surface area contributed by atoms with E-state index in [0.717, 1.165) is 51.6 Å². The molecule has 35 heavy (non-hydrogen) atoms. The van der Waals surface area contributed by atoms with Crippen LogP contribution in [0.4, 0.5) is 5.82 Å². The molecule has 0 amide bonds. The highest BCUT2D eigenvalue weighted by Gasteiger charge is 2.25. The number of aromatic amines is 1. The van der Waals surface area contributed by atoms with E-state index in [-0.39, 0.29) is 13.5 Å². The summed E-state index contributed by atoms with van der Waals surface area (Å²) < 4.78 is 7.53. The molecule has 0 aromatic carbocycles. The Morgan fingerprint density at radius 1 is 1.23 bits per heavy atom. The highest BCUT2D eigenvalue weighted by molar-refractivity contribution is 5.91. The fraction of sp³-hybridized carbons (Fsp3) is 0.462. The Labute approximate surface area is 206 Å². The molecule has 0 saturated carbocycles. The normalized spacial score (nSPS) is 16.5. The lowest BCUT2D eigenvalue weighted by Crippen LogP contribution is -2.44. The minimum atomic E-state index is -0.872. The first kappa shape index (κ1) is 24.8. The molecule has 4 aromatic heterocycles. The topological polar surface area (TPSA) is 105 Å². The van der Waals surface area contributed by atoms with Gasteiger partial charge >= 0.3 is 0 Å². The Kier molecular flexibility index (Phi) is 6.66. The van der Waals surface area contributed by atoms with E-state index >= 15 is 0 Å². The summed E-state index contributed by atoms with van der Waals surface area (Å²) in [5, 5.41) is 16.1. The van der Waals surface area contributed by atoms with Gasteiger partial charge in [0.2, 0.25) is 0 Å². The van der Waals surface area contributed by atoms with Crippen LogP contribution < -0.4 is 4.90 Å². The molecule has 9 nitrogen and oxygen atoms in total. The molecule has 5 heterocycles. The number of aryl methyl sites for hydroxylation is 1. The first-order chi connectivity index (χ1) is 16.2. The van der Waals surface area contributed by atoms with Gasteiger partial charge < -0.3 is 19.7 Å². The molecule has 1 saturated heterocycles. The SMILES string of the molecule is C.Cc1nn(CC(C)(C)O)c(C)c1-c1cc(N2CCOC[C@H]2C)nc(-c2ccnc3[nH]ccc23)n1. The summed E-state index contributed by atoms with van der Waals surface area (Å²) in [6.07, 6.45) is 3.66. The first-order valence-corrected chi connectivity index (χ1v) is 11.6. The summed E-state index contributed by atoms with van der Waals surface area (Å²) in [4.78, 5) is 19.9. The van der Waals surface area contributed by atoms with Gasteiger partial charge in [0, 0.05) is 47.2 Å². The van der Waals surface area contributed by atoms with E-state index in [0.29, 0.717) is 25.6 Å². The van der Waals surface area contributed by atoms with E-state index in [9.17, 15) is 5.11 Å². The summed E-state index contributed by atoms with van der Waals surface area (Å²) in [5.41, 5.74) is 4.47. The molecular formula is C26H35N7O2. The van der Waals surface area contributed by atoms with Crippen molar-refractivity contribution >= 4 is 16.9 Å². The molecule has 0 aliphatic carbocycles. The molecule has 1 aliphatic rings. The average molecular weight is 478 g/mol. The molecule has 0 bridgehead atoms. The van der Waals surface area contributed by atoms with Crippen LogP contribution in [0.3, 0.4) is 0 Å². The van der Waals surface area contributed by atoms with Gasteiger partial charge in [-0.25, -0.2) is 15.0 Å². The highest BCUT2D eigenvalue weighted by atomic mass is 16.5. The lowest BCUT2D eigenvalue weighted by Gasteiger charge is -2.34. The third-order valence-corrected chi connectivity index (χ3v) is 6.25. The van der Waals surface area contributed by atoms with Gasteiger partial charge in [0.1, 0.15) is 11.5 Å². The van der Waals surface area contributed by atoms with Crippen molar-refractivity contribution in [2.75, 3.05) is 24.7 Å². The third kappa shape index (κ3) is 4.78. The smallest absolute Gasteiger partial charge is 0.162 e. The van der Waals surface area contributed by atoms with Crippen molar-refractivity contribution in [3.05, 3.63) is 42.0 Å². The first-order valence-electron chi connectivity index (χ1n) is 11.6. The fourth-order valence-electron chi connectivity index (χ4n) is 4.64. The van der Waals surface area contributed by atoms with E-state index in [4.69, 9.17) is 19.8 Å². The van der Waals surface area contributed by atoms with E-state index < -0.39 is 5.60 Å². The molecular weight excluding hydrogens is 442 g/mol. The van der Waals surface area contributed by atoms with Gasteiger partial charge in [0.25, 0.3) is 0 Å². The maximum atomic E-state index is 10.4. The Morgan fingerprint density at radius 2 is 2.03 bits per heavy atom. The predicted octanol–water partition coefficient (Wildman–Crippen LogP) is 4.13. The monoisotopic (exact) mass is 477 g/mol. The van der Waals surface area contributed by atoms with Crippen molar-refractivity contribution in [1.82, 2.24) is 29.7 Å². The second kappa shape index (κ2) is 9.39. The number of hydrogen-bond donors (Lipinski definition) is 2. The van der Waals surface area contributed by atoms with Crippen molar-refractivity contribution < 1.29 is 9.84 Å². The number of nitrogens with zero attached hydrogens (tertiary/aromatic N) is 6. The maximum absolute atomic E-state index is 10.4. The molecule has 0 radical (unpaired) electrons. The van der Waals surface area contributed by atoms with Crippen molar-refractivity contribution in [3.8, 4) is 22.6 Å². The van der Waals surface area contributed by atoms with Crippen molar-refractivity contribution in [1.29, 1.82) is 0 Å². The minimum Gasteiger partial charge on any atom is -0.389 e. The number of pyridine rings is 1. The highest BCUT2D eigenvalue weighted by Crippen LogP contribution is 2.33. The van der Waals surface area contributed by atoms with Gasteiger partial charge in [0.15, 0.2) is 5.82 Å². The van der Waals surface area contributed by atoms with Crippen molar-refractivity contribution in [2.45, 2.75) is 60.2 Å². The number of morpholine rings is 1. The molecule has 9 heteroatoms. The molecule has 1 fully saturated rings. The summed E-state index contributed by atoms with van der Waals surface area (Å²) >= 11 is 0. The van der Waals surface area contributed by atoms with Crippen LogP contribution in [0.2, 0.25) is 0 Å². The van der Waals surface area contributed by atoms with Crippen molar-refractivity contribution in [3.63, 3.8) is 0 Å². The zero-order valence-electron chi connectivity index (χ0n) is 20.3. The fourth-order valence-corrected chi connectivity index (χ4v) is 4.64. The number of nitrogens with one attached hydrogen (secondary N) is 1. The minimum absolute atomic E-state index is 0. The summed E-state index contributed by atoms with van der Waals surface area (Å²) in [5.74, 6) is 1.51. The van der Waals surface area contributed by atoms with Gasteiger partial charge in [-0.15, -0.1) is 0 Å². The zero-order valence-corrected chi connectivity index (χ0v) is 20.3. The second-order valence-electron chi connectivity index (χ2n) is 9.67. The lowest BCUT2D eigenvalue weighted by atomic mass is 10.1. The van der Waals surface area contributed by atoms with E-state index in [1.807, 2.05) is 42.9 Å². The van der Waals surface area contributed by atoms with Gasteiger partial charge in [-0.1, -0.05) is 7.43 Å². The summed E-state index contributed by atoms with van der Waals surface area (Å²) in [6, 6.07) is 6.21. The number of fused-ring (bicyclic) bond motifs is 1. The molecule has 0 spiro atoms. The molecule has 186 valence electrons. The maximum Gasteiger partial charge on any atom is 0.162 e. The van der Waals surface area contributed by atoms with E-state index in [1.165, 1.54) is 0 Å². The largest absolute Gasteiger partial charge is 0.389 e. The van der Waals surface area contributed by atoms with Gasteiger partial charge in [0.05, 0.1) is 42.8 Å². The van der Waals surface area contributed by atoms with Crippen LogP contribution in [-0.4, -0.2) is 66.2 Å². The van der Waals surface area contributed by atoms with Crippen LogP contribution in [-0.2, 0) is 11.3 Å². The van der Waals surface area contributed by atoms with Crippen LogP contribution in [0.1, 0.15) is 39.6 Å². The number of ether oxygens (including phenoxy) is 1. The van der Waals surface area contributed by atoms with E-state index in [1.54, 1.807) is 20.0 Å². The van der Waals surface area contributed by atoms with Gasteiger partial charge in [-0.2, -0.15) is 5.10 Å². The zero-order chi connectivity index (χ0) is 24.0. The number of H-pyrrole nitrogens is 1. The summed E-state index contributed by atoms with van der Waals surface area (Å²) in [6.45, 7) is 12.2. The molecule has 5 rings (SSSR count). The Morgan fingerprint density at radius 3 is 2.77 bits per heavy atom. The molecule has 4 aromatic rings. The predicted molar refractivity (Wildman–Crippen MR) is 138 cm³/mol. The average Bonchev–Trinajstić information content (AvgIpc) is 3.36. The Bertz CT molecular complexity index is 1340. The quantitative estimate of drug-likeness (QED) is 0.445. The van der Waals surface area contributed by atoms with Crippen LogP contribution in [0.5, 0.6) is 0 Å². The standard InChI is InChI=1S/C25H31N7O2.CH4/c1-15-13-34-11-10-31(15)21-12-20(22-16(2)30-32(17(22)3)14-25(4,5)33)28-24(29-21)19-7-9-27-23-18(19)6-8-26-23;/h6-9,12,15,33H,10-11,13-14H2,1-5H3,(H,26,27);1H4/t15-;/m1./s1. The molecule has 1 atom stereocenters. The molecule has 0 unspecified atom stereocenters. The second-order valence-corrected chi connectivity index (χ2v) is 9.67. The summed E-state index contributed by atoms with van der Waals surface area (Å²) in [7, 11) is 0. The number of aliphatic hydroxyl groups is 1. The van der Waals surface area contributed by atoms with Crippen LogP contribution in [0.15, 0.2) is 30.6 Å². The Balaban J connectivity index is 0.00000289. The molecule has 1 aliphatic heterocycles.